The molecule has 1 aliphatic rings. The molecule has 6 heteroatoms. The predicted molar refractivity (Wildman–Crippen MR) is 124 cm³/mol. The Kier molecular flexibility index (Phi) is 5.22. The summed E-state index contributed by atoms with van der Waals surface area (Å²) in [6.45, 7) is 1.88. The fraction of sp³-hybridized carbons (Fsp3) is 0.160. The van der Waals surface area contributed by atoms with Crippen LogP contribution in [0.1, 0.15) is 36.9 Å². The molecule has 0 fully saturated rings. The molecule has 5 nitrogen and oxygen atoms in total. The zero-order valence-corrected chi connectivity index (χ0v) is 18.0. The number of thiophene rings is 1. The van der Waals surface area contributed by atoms with Gasteiger partial charge in [-0.05, 0) is 29.1 Å². The summed E-state index contributed by atoms with van der Waals surface area (Å²) in [7, 11) is 0. The highest BCUT2D eigenvalue weighted by Crippen LogP contribution is 2.39. The van der Waals surface area contributed by atoms with E-state index in [-0.39, 0.29) is 11.9 Å². The monoisotopic (exact) mass is 426 g/mol. The largest absolute Gasteiger partial charge is 0.273 e. The first-order chi connectivity index (χ1) is 15.2. The third-order valence-corrected chi connectivity index (χ3v) is 6.33. The molecule has 0 radical (unpaired) electrons. The van der Waals surface area contributed by atoms with Crippen molar-refractivity contribution in [3.63, 3.8) is 0 Å². The zero-order valence-electron chi connectivity index (χ0n) is 17.2. The van der Waals surface area contributed by atoms with Crippen LogP contribution in [0.5, 0.6) is 0 Å². The Bertz CT molecular complexity index is 1210. The van der Waals surface area contributed by atoms with E-state index in [1.165, 1.54) is 0 Å². The van der Waals surface area contributed by atoms with Crippen LogP contribution >= 0.6 is 11.3 Å². The Morgan fingerprint density at radius 2 is 1.77 bits per heavy atom. The average molecular weight is 427 g/mol. The molecule has 0 unspecified atom stereocenters. The average Bonchev–Trinajstić information content (AvgIpc) is 3.58. The molecule has 1 amide bonds. The van der Waals surface area contributed by atoms with Crippen LogP contribution < -0.4 is 0 Å². The van der Waals surface area contributed by atoms with Gasteiger partial charge in [0.25, 0.3) is 0 Å². The molecule has 4 aromatic rings. The Morgan fingerprint density at radius 3 is 2.45 bits per heavy atom. The summed E-state index contributed by atoms with van der Waals surface area (Å²) in [4.78, 5) is 13.9. The fourth-order valence-corrected chi connectivity index (χ4v) is 4.63. The number of carbonyl (C=O) groups excluding carboxylic acids is 1. The van der Waals surface area contributed by atoms with E-state index >= 15 is 0 Å². The molecule has 0 saturated heterocycles. The quantitative estimate of drug-likeness (QED) is 0.412. The molecule has 3 heterocycles. The summed E-state index contributed by atoms with van der Waals surface area (Å²) in [5.41, 5.74) is 4.89. The lowest BCUT2D eigenvalue weighted by molar-refractivity contribution is -0.132. The van der Waals surface area contributed by atoms with Gasteiger partial charge in [0.15, 0.2) is 0 Å². The van der Waals surface area contributed by atoms with Gasteiger partial charge in [0.2, 0.25) is 5.91 Å². The second-order valence-corrected chi connectivity index (χ2v) is 8.36. The molecule has 2 aromatic heterocycles. The number of nitrogens with zero attached hydrogens (tertiary/aromatic N) is 4. The van der Waals surface area contributed by atoms with Gasteiger partial charge in [0.05, 0.1) is 22.3 Å². The van der Waals surface area contributed by atoms with Gasteiger partial charge in [0, 0.05) is 24.6 Å². The van der Waals surface area contributed by atoms with Gasteiger partial charge >= 0.3 is 0 Å². The van der Waals surface area contributed by atoms with Gasteiger partial charge in [0.1, 0.15) is 5.69 Å². The summed E-state index contributed by atoms with van der Waals surface area (Å²) >= 11 is 1.65. The maximum Gasteiger partial charge on any atom is 0.242 e. The molecule has 1 atom stereocenters. The number of carbonyl (C=O) groups is 1. The van der Waals surface area contributed by atoms with Gasteiger partial charge in [-0.1, -0.05) is 61.5 Å². The van der Waals surface area contributed by atoms with E-state index < -0.39 is 0 Å². The van der Waals surface area contributed by atoms with Gasteiger partial charge in [-0.3, -0.25) is 4.79 Å². The van der Waals surface area contributed by atoms with E-state index in [1.807, 2.05) is 78.3 Å². The minimum absolute atomic E-state index is 0.0144. The number of para-hydroxylation sites is 1. The molecule has 154 valence electrons. The van der Waals surface area contributed by atoms with Gasteiger partial charge in [-0.2, -0.15) is 10.2 Å². The molecule has 0 N–H and O–H groups in total. The number of aromatic nitrogens is 2. The minimum Gasteiger partial charge on any atom is -0.273 e. The summed E-state index contributed by atoms with van der Waals surface area (Å²) in [5, 5.41) is 13.4. The predicted octanol–water partition coefficient (Wildman–Crippen LogP) is 5.69. The van der Waals surface area contributed by atoms with Crippen LogP contribution in [0.25, 0.3) is 16.3 Å². The number of hydrazone groups is 1. The lowest BCUT2D eigenvalue weighted by Gasteiger charge is -2.21. The lowest BCUT2D eigenvalue weighted by Crippen LogP contribution is -2.26. The summed E-state index contributed by atoms with van der Waals surface area (Å²) in [6, 6.07) is 24.1. The van der Waals surface area contributed by atoms with Crippen LogP contribution in [-0.2, 0) is 4.79 Å². The molecule has 0 spiro atoms. The van der Waals surface area contributed by atoms with E-state index in [1.54, 1.807) is 16.3 Å². The molecule has 31 heavy (non-hydrogen) atoms. The highest BCUT2D eigenvalue weighted by atomic mass is 32.1. The van der Waals surface area contributed by atoms with Crippen LogP contribution in [-0.4, -0.2) is 26.4 Å². The SMILES string of the molecule is CCC(=O)N1N=C(c2ccccc2)C[C@H]1c1cn(-c2ccccc2)nc1-c1cccs1. The second-order valence-electron chi connectivity index (χ2n) is 7.41. The van der Waals surface area contributed by atoms with Crippen molar-refractivity contribution in [2.24, 2.45) is 5.10 Å². The maximum absolute atomic E-state index is 12.8. The van der Waals surface area contributed by atoms with Crippen molar-refractivity contribution < 1.29 is 4.79 Å². The molecule has 0 aliphatic carbocycles. The van der Waals surface area contributed by atoms with E-state index in [0.717, 1.165) is 33.1 Å². The van der Waals surface area contributed by atoms with Crippen LogP contribution in [0.2, 0.25) is 0 Å². The zero-order chi connectivity index (χ0) is 21.2. The van der Waals surface area contributed by atoms with E-state index in [4.69, 9.17) is 10.2 Å². The Labute approximate surface area is 185 Å². The first kappa shape index (κ1) is 19.5. The first-order valence-corrected chi connectivity index (χ1v) is 11.3. The topological polar surface area (TPSA) is 50.5 Å². The third kappa shape index (κ3) is 3.70. The molecular weight excluding hydrogens is 404 g/mol. The number of benzene rings is 2. The van der Waals surface area contributed by atoms with Crippen molar-refractivity contribution in [1.82, 2.24) is 14.8 Å². The van der Waals surface area contributed by atoms with Crippen LogP contribution in [0, 0.1) is 0 Å². The summed E-state index contributed by atoms with van der Waals surface area (Å²) in [5.74, 6) is 0.0144. The van der Waals surface area contributed by atoms with E-state index in [0.29, 0.717) is 12.8 Å². The second kappa shape index (κ2) is 8.32. The molecule has 0 bridgehead atoms. The Balaban J connectivity index is 1.61. The Morgan fingerprint density at radius 1 is 1.03 bits per heavy atom. The fourth-order valence-electron chi connectivity index (χ4n) is 3.90. The van der Waals surface area contributed by atoms with Crippen molar-refractivity contribution in [3.05, 3.63) is 95.5 Å². The van der Waals surface area contributed by atoms with E-state index in [9.17, 15) is 4.79 Å². The van der Waals surface area contributed by atoms with Crippen molar-refractivity contribution in [2.75, 3.05) is 0 Å². The number of hydrogen-bond donors (Lipinski definition) is 0. The molecular formula is C25H22N4OS. The van der Waals surface area contributed by atoms with E-state index in [2.05, 4.69) is 17.6 Å². The van der Waals surface area contributed by atoms with Crippen LogP contribution in [0.4, 0.5) is 0 Å². The van der Waals surface area contributed by atoms with Gasteiger partial charge < -0.3 is 0 Å². The standard InChI is InChI=1S/C25H22N4OS/c1-2-24(30)29-22(16-21(26-29)18-10-5-3-6-11-18)20-17-28(19-12-7-4-8-13-19)27-25(20)23-14-9-15-31-23/h3-15,17,22H,2,16H2,1H3/t22-/m0/s1. The highest BCUT2D eigenvalue weighted by molar-refractivity contribution is 7.13. The van der Waals surface area contributed by atoms with Gasteiger partial charge in [-0.15, -0.1) is 11.3 Å². The summed E-state index contributed by atoms with van der Waals surface area (Å²) in [6.07, 6.45) is 3.12. The van der Waals surface area contributed by atoms with Crippen molar-refractivity contribution >= 4 is 23.0 Å². The molecule has 2 aromatic carbocycles. The normalized spacial score (nSPS) is 15.8. The first-order valence-electron chi connectivity index (χ1n) is 10.4. The molecule has 0 saturated carbocycles. The maximum atomic E-state index is 12.8. The number of hydrogen-bond acceptors (Lipinski definition) is 4. The van der Waals surface area contributed by atoms with Crippen LogP contribution in [0.15, 0.2) is 89.5 Å². The minimum atomic E-state index is -0.183. The number of rotatable bonds is 5. The van der Waals surface area contributed by atoms with Crippen molar-refractivity contribution in [1.29, 1.82) is 0 Å². The summed E-state index contributed by atoms with van der Waals surface area (Å²) < 4.78 is 1.90. The third-order valence-electron chi connectivity index (χ3n) is 5.45. The van der Waals surface area contributed by atoms with Crippen molar-refractivity contribution in [3.8, 4) is 16.3 Å². The Hall–Kier alpha value is -3.51. The smallest absolute Gasteiger partial charge is 0.242 e. The van der Waals surface area contributed by atoms with Gasteiger partial charge in [-0.25, -0.2) is 9.69 Å². The number of amides is 1. The van der Waals surface area contributed by atoms with Crippen molar-refractivity contribution in [2.45, 2.75) is 25.8 Å². The highest BCUT2D eigenvalue weighted by Gasteiger charge is 2.35. The molecule has 1 aliphatic heterocycles. The van der Waals surface area contributed by atoms with Crippen LogP contribution in [0.3, 0.4) is 0 Å². The lowest BCUT2D eigenvalue weighted by atomic mass is 9.98. The molecule has 5 rings (SSSR count).